The Morgan fingerprint density at radius 1 is 0.221 bits per heavy atom. The van der Waals surface area contributed by atoms with Gasteiger partial charge in [0.25, 0.3) is 0 Å². The highest BCUT2D eigenvalue weighted by molar-refractivity contribution is 6.13. The van der Waals surface area contributed by atoms with Gasteiger partial charge in [-0.3, -0.25) is 0 Å². The number of benzene rings is 16. The minimum Gasteiger partial charge on any atom is -0.456 e. The van der Waals surface area contributed by atoms with Crippen molar-refractivity contribution < 1.29 is 4.42 Å². The lowest BCUT2D eigenvalue weighted by atomic mass is 9.82. The third kappa shape index (κ3) is 10.8. The van der Waals surface area contributed by atoms with Gasteiger partial charge in [0, 0.05) is 89.3 Å². The maximum atomic E-state index is 6.32. The number of para-hydroxylation sites is 3. The molecule has 0 bridgehead atoms. The molecular weight excluding hydrogens is 1260 g/mol. The molecule has 20 rings (SSSR count). The van der Waals surface area contributed by atoms with E-state index in [1.807, 2.05) is 12.1 Å². The van der Waals surface area contributed by atoms with E-state index in [9.17, 15) is 0 Å². The molecule has 5 heteroatoms. The first-order valence-electron chi connectivity index (χ1n) is 35.8. The summed E-state index contributed by atoms with van der Waals surface area (Å²) in [6.07, 6.45) is 0. The molecule has 492 valence electrons. The van der Waals surface area contributed by atoms with E-state index in [0.29, 0.717) is 0 Å². The topological polar surface area (TPSA) is 29.5 Å². The Hall–Kier alpha value is -13.5. The van der Waals surface area contributed by atoms with Gasteiger partial charge in [-0.25, -0.2) is 0 Å². The van der Waals surface area contributed by atoms with Crippen LogP contribution in [0.2, 0.25) is 0 Å². The average Bonchev–Trinajstić information content (AvgIpc) is 1.57. The molecule has 104 heavy (non-hydrogen) atoms. The average molecular weight is 1330 g/mol. The monoisotopic (exact) mass is 1330 g/mol. The second kappa shape index (κ2) is 25.6. The Labute approximate surface area is 604 Å². The highest BCUT2D eigenvalue weighted by Crippen LogP contribution is 2.51. The van der Waals surface area contributed by atoms with E-state index in [1.54, 1.807) is 0 Å². The van der Waals surface area contributed by atoms with Crippen LogP contribution in [0, 0.1) is 0 Å². The van der Waals surface area contributed by atoms with Crippen LogP contribution in [0.3, 0.4) is 0 Å². The Morgan fingerprint density at radius 3 is 1.00 bits per heavy atom. The minimum absolute atomic E-state index is 0.0690. The van der Waals surface area contributed by atoms with Crippen molar-refractivity contribution in [2.24, 2.45) is 0 Å². The molecule has 0 atom stereocenters. The molecule has 3 heterocycles. The van der Waals surface area contributed by atoms with E-state index in [0.717, 1.165) is 72.8 Å². The second-order valence-corrected chi connectivity index (χ2v) is 27.6. The van der Waals surface area contributed by atoms with Crippen LogP contribution < -0.4 is 9.80 Å². The van der Waals surface area contributed by atoms with Gasteiger partial charge in [-0.2, -0.15) is 0 Å². The third-order valence-electron chi connectivity index (χ3n) is 21.2. The SMILES string of the molecule is CC1(C)c2ccccc2-c2ccc(-n3c4ccccc4c4cc(N(c5ccc(-c6ccccc6)cc5)c5ccc(-c6ccccc6)cc5)ccc43)cc21.c1ccc(-c2ccc(N(c3ccc(-c4ccccc4)cc3)c3ccc4c(c3)c3ccccc3n4-c3ccc4c(c3)oc3ccccc34)cc2)cc1. The molecule has 19 aromatic rings. The summed E-state index contributed by atoms with van der Waals surface area (Å²) in [6.45, 7) is 4.71. The number of fused-ring (bicyclic) bond motifs is 12. The fraction of sp³-hybridized carbons (Fsp3) is 0.0303. The largest absolute Gasteiger partial charge is 0.456 e. The van der Waals surface area contributed by atoms with E-state index in [4.69, 9.17) is 4.42 Å². The Bertz CT molecular complexity index is 6230. The molecule has 0 fully saturated rings. The summed E-state index contributed by atoms with van der Waals surface area (Å²) in [4.78, 5) is 4.74. The molecule has 1 aliphatic rings. The molecule has 0 radical (unpaired) electrons. The first-order valence-corrected chi connectivity index (χ1v) is 35.8. The van der Waals surface area contributed by atoms with E-state index in [-0.39, 0.29) is 5.41 Å². The van der Waals surface area contributed by atoms with Crippen molar-refractivity contribution in [3.63, 3.8) is 0 Å². The first-order chi connectivity index (χ1) is 51.3. The third-order valence-corrected chi connectivity index (χ3v) is 21.2. The summed E-state index contributed by atoms with van der Waals surface area (Å²) in [5.41, 5.74) is 30.4. The number of anilines is 6. The number of aromatic nitrogens is 2. The number of rotatable bonds is 12. The van der Waals surface area contributed by atoms with Gasteiger partial charge in [0.15, 0.2) is 0 Å². The standard InChI is InChI=1S/C51H38N2.C48H32N2O/c1-51(2)47-19-11-9-17-43(47)44-31-29-42(34-48(44)51)53-49-20-12-10-18-45(49)46-33-41(30-32-50(46)53)52(39-25-21-37(22-26-39)35-13-5-3-6-14-35)40-27-23-38(24-28-40)36-15-7-4-8-16-36;1-3-11-33(12-4-1)35-19-23-37(24-20-35)49(38-25-21-36(22-26-38)34-13-5-2-6-14-34)39-28-30-46-44(31-39)41-15-7-9-17-45(41)50(46)40-27-29-43-42-16-8-10-18-47(42)51-48(43)32-40/h3-34H,1-2H3;1-32H. The van der Waals surface area contributed by atoms with E-state index >= 15 is 0 Å². The smallest absolute Gasteiger partial charge is 0.137 e. The van der Waals surface area contributed by atoms with Crippen molar-refractivity contribution >= 4 is 99.7 Å². The summed E-state index contributed by atoms with van der Waals surface area (Å²) in [6, 6.07) is 140. The molecule has 3 aromatic heterocycles. The molecule has 0 aliphatic heterocycles. The Kier molecular flexibility index (Phi) is 15.2. The molecule has 0 saturated carbocycles. The van der Waals surface area contributed by atoms with Crippen LogP contribution in [0.5, 0.6) is 0 Å². The summed E-state index contributed by atoms with van der Waals surface area (Å²) in [5.74, 6) is 0. The van der Waals surface area contributed by atoms with Gasteiger partial charge in [0.05, 0.1) is 22.1 Å². The predicted octanol–water partition coefficient (Wildman–Crippen LogP) is 27.4. The highest BCUT2D eigenvalue weighted by atomic mass is 16.3. The van der Waals surface area contributed by atoms with Crippen LogP contribution in [0.1, 0.15) is 25.0 Å². The Morgan fingerprint density at radius 2 is 0.548 bits per heavy atom. The summed E-state index contributed by atoms with van der Waals surface area (Å²) in [5, 5.41) is 7.14. The zero-order chi connectivity index (χ0) is 69.2. The molecule has 1 aliphatic carbocycles. The summed E-state index contributed by atoms with van der Waals surface area (Å²) in [7, 11) is 0. The van der Waals surface area contributed by atoms with Gasteiger partial charge < -0.3 is 23.4 Å². The van der Waals surface area contributed by atoms with Crippen molar-refractivity contribution in [3.05, 3.63) is 399 Å². The van der Waals surface area contributed by atoms with Crippen molar-refractivity contribution in [2.45, 2.75) is 19.3 Å². The number of hydrogen-bond donors (Lipinski definition) is 0. The van der Waals surface area contributed by atoms with Gasteiger partial charge in [-0.1, -0.05) is 269 Å². The molecule has 0 unspecified atom stereocenters. The summed E-state index contributed by atoms with van der Waals surface area (Å²) >= 11 is 0. The molecule has 0 amide bonds. The molecule has 5 nitrogen and oxygen atoms in total. The number of nitrogens with zero attached hydrogens (tertiary/aromatic N) is 4. The van der Waals surface area contributed by atoms with Gasteiger partial charge in [0.1, 0.15) is 11.2 Å². The number of furan rings is 1. The van der Waals surface area contributed by atoms with Crippen LogP contribution in [-0.2, 0) is 5.41 Å². The van der Waals surface area contributed by atoms with E-state index < -0.39 is 0 Å². The Balaban J connectivity index is 0.000000143. The molecular formula is C99H70N4O. The van der Waals surface area contributed by atoms with Crippen LogP contribution in [-0.4, -0.2) is 9.13 Å². The number of hydrogen-bond acceptors (Lipinski definition) is 3. The first kappa shape index (κ1) is 61.6. The van der Waals surface area contributed by atoms with Crippen molar-refractivity contribution in [3.8, 4) is 67.0 Å². The minimum atomic E-state index is -0.0690. The van der Waals surface area contributed by atoms with Crippen LogP contribution in [0.4, 0.5) is 34.1 Å². The highest BCUT2D eigenvalue weighted by Gasteiger charge is 2.36. The zero-order valence-electron chi connectivity index (χ0n) is 57.6. The van der Waals surface area contributed by atoms with Crippen LogP contribution in [0.25, 0.3) is 133 Å². The van der Waals surface area contributed by atoms with Gasteiger partial charge >= 0.3 is 0 Å². The lowest BCUT2D eigenvalue weighted by Gasteiger charge is -2.26. The zero-order valence-corrected chi connectivity index (χ0v) is 57.6. The molecule has 16 aromatic carbocycles. The maximum absolute atomic E-state index is 6.32. The normalized spacial score (nSPS) is 12.2. The van der Waals surface area contributed by atoms with E-state index in [1.165, 1.54) is 105 Å². The van der Waals surface area contributed by atoms with Crippen molar-refractivity contribution in [1.82, 2.24) is 9.13 Å². The van der Waals surface area contributed by atoms with Gasteiger partial charge in [0.2, 0.25) is 0 Å². The van der Waals surface area contributed by atoms with Crippen LogP contribution >= 0.6 is 0 Å². The molecule has 0 spiro atoms. The second-order valence-electron chi connectivity index (χ2n) is 27.6. The van der Waals surface area contributed by atoms with Crippen molar-refractivity contribution in [1.29, 1.82) is 0 Å². The lowest BCUT2D eigenvalue weighted by molar-refractivity contribution is 0.660. The lowest BCUT2D eigenvalue weighted by Crippen LogP contribution is -2.15. The van der Waals surface area contributed by atoms with Crippen LogP contribution in [0.15, 0.2) is 393 Å². The predicted molar refractivity (Wildman–Crippen MR) is 438 cm³/mol. The van der Waals surface area contributed by atoms with E-state index in [2.05, 4.69) is 409 Å². The quantitative estimate of drug-likeness (QED) is 0.122. The maximum Gasteiger partial charge on any atom is 0.137 e. The fourth-order valence-electron chi connectivity index (χ4n) is 16.1. The van der Waals surface area contributed by atoms with Gasteiger partial charge in [-0.05, 0) is 194 Å². The summed E-state index contributed by atoms with van der Waals surface area (Å²) < 4.78 is 11.1. The van der Waals surface area contributed by atoms with Crippen molar-refractivity contribution in [2.75, 3.05) is 9.80 Å². The fourth-order valence-corrected chi connectivity index (χ4v) is 16.1. The van der Waals surface area contributed by atoms with Gasteiger partial charge in [-0.15, -0.1) is 0 Å². The molecule has 0 saturated heterocycles. The molecule has 0 N–H and O–H groups in total.